The maximum absolute atomic E-state index is 8.89. The molecule has 0 saturated heterocycles. The number of fused-ring (bicyclic) bond motifs is 5. The van der Waals surface area contributed by atoms with Crippen LogP contribution in [0.15, 0.2) is 16.8 Å². The molecule has 0 N–H and O–H groups in total. The Kier molecular flexibility index (Phi) is 6.33. The highest BCUT2D eigenvalue weighted by atomic mass is 15.1. The first-order valence-corrected chi connectivity index (χ1v) is 13.0. The molecule has 0 aromatic rings. The van der Waals surface area contributed by atoms with E-state index < -0.39 is 0 Å². The Morgan fingerprint density at radius 1 is 1.07 bits per heavy atom. The lowest BCUT2D eigenvalue weighted by atomic mass is 9.47. The quantitative estimate of drug-likeness (QED) is 0.182. The van der Waals surface area contributed by atoms with Crippen molar-refractivity contribution in [3.8, 4) is 0 Å². The van der Waals surface area contributed by atoms with E-state index in [0.29, 0.717) is 10.8 Å². The van der Waals surface area contributed by atoms with E-state index in [2.05, 4.69) is 50.7 Å². The lowest BCUT2D eigenvalue weighted by molar-refractivity contribution is -0.0508. The van der Waals surface area contributed by atoms with Crippen LogP contribution >= 0.6 is 0 Å². The van der Waals surface area contributed by atoms with Gasteiger partial charge < -0.3 is 0 Å². The van der Waals surface area contributed by atoms with Crippen LogP contribution in [0.2, 0.25) is 0 Å². The molecule has 0 aliphatic heterocycles. The van der Waals surface area contributed by atoms with Crippen molar-refractivity contribution in [3.05, 3.63) is 22.1 Å². The number of hydrogen-bond acceptors (Lipinski definition) is 1. The number of hydrogen-bond donors (Lipinski definition) is 0. The van der Waals surface area contributed by atoms with Crippen LogP contribution in [0.4, 0.5) is 0 Å². The van der Waals surface area contributed by atoms with Crippen LogP contribution in [0.3, 0.4) is 0 Å². The van der Waals surface area contributed by atoms with Gasteiger partial charge >= 0.3 is 0 Å². The summed E-state index contributed by atoms with van der Waals surface area (Å²) < 4.78 is 0. The van der Waals surface area contributed by atoms with Gasteiger partial charge in [0.2, 0.25) is 0 Å². The molecule has 0 heterocycles. The molecule has 0 radical (unpaired) electrons. The topological polar surface area (TPSA) is 48.8 Å². The van der Waals surface area contributed by atoms with Gasteiger partial charge in [-0.3, -0.25) is 0 Å². The second-order valence-electron chi connectivity index (χ2n) is 12.4. The van der Waals surface area contributed by atoms with E-state index >= 15 is 0 Å². The fourth-order valence-corrected chi connectivity index (χ4v) is 8.84. The fourth-order valence-electron chi connectivity index (χ4n) is 8.84. The predicted molar refractivity (Wildman–Crippen MR) is 126 cm³/mol. The van der Waals surface area contributed by atoms with Crippen molar-refractivity contribution >= 4 is 0 Å². The molecule has 0 aromatic carbocycles. The lowest BCUT2D eigenvalue weighted by Crippen LogP contribution is -2.50. The van der Waals surface area contributed by atoms with Gasteiger partial charge in [0.05, 0.1) is 0 Å². The first-order chi connectivity index (χ1) is 14.3. The first kappa shape index (κ1) is 22.3. The molecule has 4 aliphatic rings. The Hall–Kier alpha value is -0.950. The van der Waals surface area contributed by atoms with Gasteiger partial charge in [-0.25, -0.2) is 0 Å². The van der Waals surface area contributed by atoms with E-state index in [9.17, 15) is 0 Å². The van der Waals surface area contributed by atoms with Gasteiger partial charge in [-0.1, -0.05) is 70.6 Å². The molecule has 0 bridgehead atoms. The van der Waals surface area contributed by atoms with Crippen molar-refractivity contribution in [1.29, 1.82) is 0 Å². The third kappa shape index (κ3) is 3.74. The average molecular weight is 412 g/mol. The van der Waals surface area contributed by atoms with Gasteiger partial charge in [0.25, 0.3) is 0 Å². The van der Waals surface area contributed by atoms with Crippen molar-refractivity contribution in [2.75, 3.05) is 0 Å². The second-order valence-corrected chi connectivity index (χ2v) is 12.4. The fraction of sp³-hybridized carbons (Fsp3) is 0.926. The minimum atomic E-state index is 0.197. The predicted octanol–water partition coefficient (Wildman–Crippen LogP) is 8.71. The van der Waals surface area contributed by atoms with Crippen molar-refractivity contribution in [1.82, 2.24) is 0 Å². The molecule has 3 nitrogen and oxygen atoms in total. The Bertz CT molecular complexity index is 705. The summed E-state index contributed by atoms with van der Waals surface area (Å²) in [7, 11) is 0. The number of rotatable bonds is 6. The molecule has 0 spiro atoms. The van der Waals surface area contributed by atoms with Crippen LogP contribution < -0.4 is 0 Å². The molecule has 30 heavy (non-hydrogen) atoms. The van der Waals surface area contributed by atoms with Gasteiger partial charge in [0.15, 0.2) is 0 Å². The Morgan fingerprint density at radius 3 is 2.60 bits per heavy atom. The SMILES string of the molecule is CC(C)CCC[C@@H](C)[C@H]1CC[C@H]2[C@@H]3CC=C4CC(N=[N+]=[N-])CC[C@]4(C)[C@H]3CC[C@]12C. The summed E-state index contributed by atoms with van der Waals surface area (Å²) in [6, 6.07) is 0.197. The van der Waals surface area contributed by atoms with Gasteiger partial charge in [-0.2, -0.15) is 0 Å². The number of allylic oxidation sites excluding steroid dienone is 1. The van der Waals surface area contributed by atoms with E-state index in [1.54, 1.807) is 5.57 Å². The first-order valence-electron chi connectivity index (χ1n) is 13.0. The van der Waals surface area contributed by atoms with E-state index in [-0.39, 0.29) is 6.04 Å². The minimum Gasteiger partial charge on any atom is -0.0903 e. The molecule has 168 valence electrons. The monoisotopic (exact) mass is 411 g/mol. The molecule has 8 atom stereocenters. The molecule has 4 aliphatic carbocycles. The molecular formula is C27H45N3. The molecule has 0 aromatic heterocycles. The smallest absolute Gasteiger partial charge is 0.0411 e. The van der Waals surface area contributed by atoms with Crippen molar-refractivity contribution in [3.63, 3.8) is 0 Å². The lowest BCUT2D eigenvalue weighted by Gasteiger charge is -2.58. The molecule has 4 rings (SSSR count). The molecule has 3 fully saturated rings. The van der Waals surface area contributed by atoms with E-state index in [0.717, 1.165) is 48.3 Å². The minimum absolute atomic E-state index is 0.197. The van der Waals surface area contributed by atoms with Crippen LogP contribution in [0.1, 0.15) is 105 Å². The van der Waals surface area contributed by atoms with Gasteiger partial charge in [0.1, 0.15) is 0 Å². The Morgan fingerprint density at radius 2 is 1.87 bits per heavy atom. The Balaban J connectivity index is 1.49. The van der Waals surface area contributed by atoms with Crippen molar-refractivity contribution in [2.24, 2.45) is 51.5 Å². The van der Waals surface area contributed by atoms with Crippen LogP contribution in [-0.2, 0) is 0 Å². The summed E-state index contributed by atoms with van der Waals surface area (Å²) in [6.45, 7) is 12.5. The normalized spacial score (nSPS) is 43.8. The molecule has 0 amide bonds. The highest BCUT2D eigenvalue weighted by Crippen LogP contribution is 2.67. The zero-order chi connectivity index (χ0) is 21.5. The van der Waals surface area contributed by atoms with E-state index in [1.807, 2.05) is 0 Å². The summed E-state index contributed by atoms with van der Waals surface area (Å²) in [5, 5.41) is 4.08. The summed E-state index contributed by atoms with van der Waals surface area (Å²) >= 11 is 0. The maximum atomic E-state index is 8.89. The summed E-state index contributed by atoms with van der Waals surface area (Å²) in [5.41, 5.74) is 11.5. The van der Waals surface area contributed by atoms with Crippen LogP contribution in [0.5, 0.6) is 0 Å². The van der Waals surface area contributed by atoms with E-state index in [4.69, 9.17) is 5.53 Å². The van der Waals surface area contributed by atoms with Crippen LogP contribution in [0, 0.1) is 46.3 Å². The Labute approximate surface area is 185 Å². The highest BCUT2D eigenvalue weighted by Gasteiger charge is 2.59. The maximum Gasteiger partial charge on any atom is 0.0411 e. The van der Waals surface area contributed by atoms with Crippen LogP contribution in [0.25, 0.3) is 10.4 Å². The van der Waals surface area contributed by atoms with Crippen LogP contribution in [-0.4, -0.2) is 6.04 Å². The molecular weight excluding hydrogens is 366 g/mol. The zero-order valence-corrected chi connectivity index (χ0v) is 20.2. The van der Waals surface area contributed by atoms with Crippen molar-refractivity contribution in [2.45, 2.75) is 111 Å². The molecule has 1 unspecified atom stereocenters. The zero-order valence-electron chi connectivity index (χ0n) is 20.2. The van der Waals surface area contributed by atoms with Gasteiger partial charge in [-0.05, 0) is 103 Å². The number of nitrogens with zero attached hydrogens (tertiary/aromatic N) is 3. The molecule has 3 heteroatoms. The standard InChI is InChI=1S/C27H45N3/c1-18(2)7-6-8-19(3)23-11-12-24-22-10-9-20-17-21(29-30-28)13-15-26(20,4)25(22)14-16-27(23,24)5/h9,18-19,21-25H,6-8,10-17H2,1-5H3/t19-,21?,22+,23-,24+,25+,26+,27-/m1/s1. The van der Waals surface area contributed by atoms with Gasteiger partial charge in [-0.15, -0.1) is 0 Å². The summed E-state index contributed by atoms with van der Waals surface area (Å²) in [4.78, 5) is 3.11. The second kappa shape index (κ2) is 8.53. The third-order valence-electron chi connectivity index (χ3n) is 10.5. The molecule has 3 saturated carbocycles. The van der Waals surface area contributed by atoms with Gasteiger partial charge in [0, 0.05) is 11.0 Å². The highest BCUT2D eigenvalue weighted by molar-refractivity contribution is 5.26. The van der Waals surface area contributed by atoms with Crippen molar-refractivity contribution < 1.29 is 0 Å². The van der Waals surface area contributed by atoms with E-state index in [1.165, 1.54) is 57.8 Å². The third-order valence-corrected chi connectivity index (χ3v) is 10.5. The summed E-state index contributed by atoms with van der Waals surface area (Å²) in [6.07, 6.45) is 17.3. The number of azide groups is 1. The summed E-state index contributed by atoms with van der Waals surface area (Å²) in [5.74, 6) is 5.35. The largest absolute Gasteiger partial charge is 0.0903 e. The average Bonchev–Trinajstić information content (AvgIpc) is 3.05.